The number of ether oxygens (including phenoxy) is 1. The van der Waals surface area contributed by atoms with Crippen LogP contribution >= 0.6 is 24.8 Å². The largest absolute Gasteiger partial charge is 0.481 e. The Morgan fingerprint density at radius 1 is 1.12 bits per heavy atom. The summed E-state index contributed by atoms with van der Waals surface area (Å²) in [5.41, 5.74) is 0. The lowest BCUT2D eigenvalue weighted by atomic mass is 10.2. The van der Waals surface area contributed by atoms with Gasteiger partial charge in [0.25, 0.3) is 0 Å². The Labute approximate surface area is 105 Å². The van der Waals surface area contributed by atoms with E-state index in [4.69, 9.17) is 15.3 Å². The molecule has 0 aromatic carbocycles. The van der Waals surface area contributed by atoms with Crippen LogP contribution in [0.15, 0.2) is 0 Å². The molecule has 1 saturated heterocycles. The number of epoxide rings is 1. The molecule has 0 aromatic heterocycles. The van der Waals surface area contributed by atoms with Crippen LogP contribution in [0.4, 0.5) is 0 Å². The molecule has 1 rings (SSSR count). The fraction of sp³-hybridized carbons (Fsp3) is 0.750. The van der Waals surface area contributed by atoms with Crippen molar-refractivity contribution in [3.8, 4) is 0 Å². The lowest BCUT2D eigenvalue weighted by Crippen LogP contribution is -1.98. The van der Waals surface area contributed by atoms with Gasteiger partial charge in [-0.05, 0) is 6.42 Å². The standard InChI is InChI=1S/C5H8O4.C3H6O2.2ClH/c6-4(7)2-1-3-5(8)9;4-1-3-2-5-3;;/h1-3H2,(H,6,7)(H,8,9);3-4H,1-2H2;2*1H. The quantitative estimate of drug-likeness (QED) is 0.634. The van der Waals surface area contributed by atoms with Crippen molar-refractivity contribution in [2.24, 2.45) is 0 Å². The van der Waals surface area contributed by atoms with E-state index >= 15 is 0 Å². The number of carboxylic acid groups (broad SMARTS) is 2. The van der Waals surface area contributed by atoms with Crippen LogP contribution in [0, 0.1) is 0 Å². The Morgan fingerprint density at radius 2 is 1.50 bits per heavy atom. The molecule has 8 heteroatoms. The Hall–Kier alpha value is -0.560. The summed E-state index contributed by atoms with van der Waals surface area (Å²) >= 11 is 0. The van der Waals surface area contributed by atoms with E-state index < -0.39 is 11.9 Å². The molecule has 0 spiro atoms. The highest BCUT2D eigenvalue weighted by Gasteiger charge is 2.19. The monoisotopic (exact) mass is 278 g/mol. The van der Waals surface area contributed by atoms with Gasteiger partial charge in [0.05, 0.1) is 13.2 Å². The highest BCUT2D eigenvalue weighted by molar-refractivity contribution is 5.85. The van der Waals surface area contributed by atoms with Gasteiger partial charge in [-0.25, -0.2) is 0 Å². The molecule has 1 atom stereocenters. The maximum Gasteiger partial charge on any atom is 0.303 e. The van der Waals surface area contributed by atoms with Crippen molar-refractivity contribution in [1.82, 2.24) is 0 Å². The van der Waals surface area contributed by atoms with Crippen LogP contribution in [-0.4, -0.2) is 46.6 Å². The fourth-order valence-corrected chi connectivity index (χ4v) is 0.564. The van der Waals surface area contributed by atoms with E-state index in [-0.39, 0.29) is 56.8 Å². The lowest BCUT2D eigenvalue weighted by molar-refractivity contribution is -0.138. The number of rotatable bonds is 5. The summed E-state index contributed by atoms with van der Waals surface area (Å²) in [4.78, 5) is 19.6. The average molecular weight is 279 g/mol. The molecule has 1 fully saturated rings. The molecule has 1 unspecified atom stereocenters. The van der Waals surface area contributed by atoms with Crippen LogP contribution in [0.1, 0.15) is 19.3 Å². The molecule has 1 aliphatic rings. The first-order chi connectivity index (χ1) is 6.56. The molecule has 0 aromatic rings. The van der Waals surface area contributed by atoms with Gasteiger partial charge in [0.15, 0.2) is 0 Å². The van der Waals surface area contributed by atoms with Crippen molar-refractivity contribution < 1.29 is 29.6 Å². The third-order valence-corrected chi connectivity index (χ3v) is 1.39. The highest BCUT2D eigenvalue weighted by atomic mass is 35.5. The number of hydrogen-bond acceptors (Lipinski definition) is 4. The smallest absolute Gasteiger partial charge is 0.303 e. The Balaban J connectivity index is -0.000000208. The van der Waals surface area contributed by atoms with Crippen molar-refractivity contribution in [1.29, 1.82) is 0 Å². The molecule has 6 nitrogen and oxygen atoms in total. The van der Waals surface area contributed by atoms with Crippen molar-refractivity contribution in [3.05, 3.63) is 0 Å². The fourth-order valence-electron chi connectivity index (χ4n) is 0.564. The number of aliphatic carboxylic acids is 2. The minimum atomic E-state index is -0.948. The Kier molecular flexibility index (Phi) is 16.3. The maximum atomic E-state index is 9.79. The Bertz CT molecular complexity index is 181. The molecule has 16 heavy (non-hydrogen) atoms. The van der Waals surface area contributed by atoms with Gasteiger partial charge in [-0.15, -0.1) is 24.8 Å². The summed E-state index contributed by atoms with van der Waals surface area (Å²) < 4.78 is 4.61. The second kappa shape index (κ2) is 12.5. The highest BCUT2D eigenvalue weighted by Crippen LogP contribution is 2.04. The topological polar surface area (TPSA) is 107 Å². The minimum Gasteiger partial charge on any atom is -0.481 e. The van der Waals surface area contributed by atoms with E-state index in [1.54, 1.807) is 0 Å². The molecule has 3 N–H and O–H groups in total. The molecule has 98 valence electrons. The predicted molar refractivity (Wildman–Crippen MR) is 60.4 cm³/mol. The van der Waals surface area contributed by atoms with Crippen molar-refractivity contribution >= 4 is 36.8 Å². The molecule has 1 heterocycles. The van der Waals surface area contributed by atoms with Crippen LogP contribution in [0.2, 0.25) is 0 Å². The molecule has 0 saturated carbocycles. The second-order valence-electron chi connectivity index (χ2n) is 2.78. The van der Waals surface area contributed by atoms with Crippen LogP contribution in [-0.2, 0) is 14.3 Å². The SMILES string of the molecule is Cl.Cl.O=C(O)CCCC(=O)O.OCC1CO1. The molecular formula is C8H16Cl2O6. The summed E-state index contributed by atoms with van der Waals surface area (Å²) in [7, 11) is 0. The van der Waals surface area contributed by atoms with E-state index in [1.165, 1.54) is 0 Å². The third-order valence-electron chi connectivity index (χ3n) is 1.39. The molecule has 0 aliphatic carbocycles. The predicted octanol–water partition coefficient (Wildman–Crippen LogP) is 0.547. The average Bonchev–Trinajstić information content (AvgIpc) is 2.86. The molecule has 0 bridgehead atoms. The summed E-state index contributed by atoms with van der Waals surface area (Å²) in [6.07, 6.45) is 0.276. The first kappa shape index (κ1) is 20.8. The van der Waals surface area contributed by atoms with Gasteiger partial charge in [-0.1, -0.05) is 0 Å². The van der Waals surface area contributed by atoms with Gasteiger partial charge in [-0.2, -0.15) is 0 Å². The van der Waals surface area contributed by atoms with Crippen molar-refractivity contribution in [2.75, 3.05) is 13.2 Å². The summed E-state index contributed by atoms with van der Waals surface area (Å²) in [6.45, 7) is 0.955. The summed E-state index contributed by atoms with van der Waals surface area (Å²) in [6, 6.07) is 0. The van der Waals surface area contributed by atoms with Crippen LogP contribution in [0.3, 0.4) is 0 Å². The van der Waals surface area contributed by atoms with Crippen LogP contribution in [0.25, 0.3) is 0 Å². The van der Waals surface area contributed by atoms with Gasteiger partial charge < -0.3 is 20.1 Å². The first-order valence-corrected chi connectivity index (χ1v) is 4.22. The number of aliphatic hydroxyl groups is 1. The zero-order valence-electron chi connectivity index (χ0n) is 8.50. The zero-order valence-corrected chi connectivity index (χ0v) is 10.1. The second-order valence-corrected chi connectivity index (χ2v) is 2.78. The summed E-state index contributed by atoms with van der Waals surface area (Å²) in [5, 5.41) is 24.1. The molecular weight excluding hydrogens is 263 g/mol. The summed E-state index contributed by atoms with van der Waals surface area (Å²) in [5.74, 6) is -1.90. The lowest BCUT2D eigenvalue weighted by Gasteiger charge is -1.89. The van der Waals surface area contributed by atoms with Gasteiger partial charge >= 0.3 is 11.9 Å². The van der Waals surface area contributed by atoms with Crippen molar-refractivity contribution in [3.63, 3.8) is 0 Å². The molecule has 0 amide bonds. The van der Waals surface area contributed by atoms with E-state index in [2.05, 4.69) is 4.74 Å². The normalized spacial score (nSPS) is 15.7. The maximum absolute atomic E-state index is 9.79. The number of carbonyl (C=O) groups is 2. The minimum absolute atomic E-state index is 0. The van der Waals surface area contributed by atoms with E-state index in [9.17, 15) is 9.59 Å². The number of aliphatic hydroxyl groups excluding tert-OH is 1. The number of hydrogen-bond donors (Lipinski definition) is 3. The van der Waals surface area contributed by atoms with E-state index in [0.717, 1.165) is 6.61 Å². The van der Waals surface area contributed by atoms with Gasteiger partial charge in [0.1, 0.15) is 6.10 Å². The van der Waals surface area contributed by atoms with Gasteiger partial charge in [0, 0.05) is 12.8 Å². The molecule has 0 radical (unpaired) electrons. The molecule has 1 aliphatic heterocycles. The van der Waals surface area contributed by atoms with Gasteiger partial charge in [0.2, 0.25) is 0 Å². The van der Waals surface area contributed by atoms with Crippen LogP contribution in [0.5, 0.6) is 0 Å². The Morgan fingerprint density at radius 3 is 1.62 bits per heavy atom. The van der Waals surface area contributed by atoms with Crippen LogP contribution < -0.4 is 0 Å². The van der Waals surface area contributed by atoms with E-state index in [0.29, 0.717) is 0 Å². The van der Waals surface area contributed by atoms with E-state index in [1.807, 2.05) is 0 Å². The van der Waals surface area contributed by atoms with Crippen molar-refractivity contribution in [2.45, 2.75) is 25.4 Å². The number of carboxylic acids is 2. The van der Waals surface area contributed by atoms with Gasteiger partial charge in [-0.3, -0.25) is 9.59 Å². The third kappa shape index (κ3) is 19.1. The zero-order chi connectivity index (χ0) is 11.0. The first-order valence-electron chi connectivity index (χ1n) is 4.22. The number of halogens is 2.